The van der Waals surface area contributed by atoms with Gasteiger partial charge in [0.1, 0.15) is 0 Å². The molecule has 2 N–H and O–H groups in total. The highest BCUT2D eigenvalue weighted by atomic mass is 16.7. The lowest BCUT2D eigenvalue weighted by molar-refractivity contribution is -0.139. The van der Waals surface area contributed by atoms with Gasteiger partial charge >= 0.3 is 11.9 Å². The van der Waals surface area contributed by atoms with E-state index < -0.39 is 11.9 Å². The molecule has 0 aliphatic carbocycles. The molecule has 0 rings (SSSR count). The zero-order valence-corrected chi connectivity index (χ0v) is 17.3. The molecule has 2 unspecified atom stereocenters. The Morgan fingerprint density at radius 2 is 1.04 bits per heavy atom. The molecule has 2 atom stereocenters. The molecule has 0 saturated heterocycles. The van der Waals surface area contributed by atoms with E-state index in [0.717, 1.165) is 12.8 Å². The Kier molecular flexibility index (Phi) is 15.2. The summed E-state index contributed by atoms with van der Waals surface area (Å²) in [5, 5.41) is 17.5. The van der Waals surface area contributed by atoms with Crippen LogP contribution in [0, 0.1) is 0 Å². The van der Waals surface area contributed by atoms with Gasteiger partial charge in [-0.05, 0) is 53.4 Å². The van der Waals surface area contributed by atoms with Crippen molar-refractivity contribution in [1.29, 1.82) is 0 Å². The van der Waals surface area contributed by atoms with Gasteiger partial charge < -0.3 is 29.2 Å². The van der Waals surface area contributed by atoms with E-state index in [4.69, 9.17) is 29.2 Å². The van der Waals surface area contributed by atoms with Crippen LogP contribution in [0.5, 0.6) is 0 Å². The largest absolute Gasteiger partial charge is 0.478 e. The van der Waals surface area contributed by atoms with Crippen LogP contribution in [0.4, 0.5) is 0 Å². The van der Waals surface area contributed by atoms with E-state index in [0.29, 0.717) is 50.4 Å². The lowest BCUT2D eigenvalue weighted by Gasteiger charge is -2.15. The molecule has 0 fully saturated rings. The molecule has 0 saturated carbocycles. The Morgan fingerprint density at radius 3 is 1.36 bits per heavy atom. The lowest BCUT2D eigenvalue weighted by Crippen LogP contribution is -2.16. The zero-order valence-electron chi connectivity index (χ0n) is 17.3. The number of carbonyl (C=O) groups is 2. The summed E-state index contributed by atoms with van der Waals surface area (Å²) in [5.41, 5.74) is 0.615. The molecular formula is C20H34O8. The van der Waals surface area contributed by atoms with Gasteiger partial charge in [0.05, 0.1) is 13.2 Å². The summed E-state index contributed by atoms with van der Waals surface area (Å²) >= 11 is 0. The van der Waals surface area contributed by atoms with Crippen LogP contribution in [-0.2, 0) is 28.5 Å². The molecular weight excluding hydrogens is 368 g/mol. The highest BCUT2D eigenvalue weighted by Crippen LogP contribution is 2.03. The van der Waals surface area contributed by atoms with Gasteiger partial charge in [-0.3, -0.25) is 0 Å². The van der Waals surface area contributed by atoms with Gasteiger partial charge in [0.15, 0.2) is 12.6 Å². The fourth-order valence-corrected chi connectivity index (χ4v) is 1.99. The molecule has 0 aromatic rings. The van der Waals surface area contributed by atoms with Crippen LogP contribution in [-0.4, -0.2) is 61.2 Å². The SMILES string of the molecule is CC(=CCCOC(C)OCCCCOC(C)OCCC=C(C)C(=O)O)C(=O)O. The minimum Gasteiger partial charge on any atom is -0.478 e. The summed E-state index contributed by atoms with van der Waals surface area (Å²) in [6.45, 7) is 8.62. The Hall–Kier alpha value is -1.74. The minimum atomic E-state index is -0.920. The van der Waals surface area contributed by atoms with Crippen LogP contribution in [0.25, 0.3) is 0 Å². The number of hydrogen-bond acceptors (Lipinski definition) is 6. The maximum atomic E-state index is 10.6. The van der Waals surface area contributed by atoms with Crippen LogP contribution in [0.2, 0.25) is 0 Å². The van der Waals surface area contributed by atoms with Crippen molar-refractivity contribution in [3.05, 3.63) is 23.3 Å². The molecule has 8 heteroatoms. The normalized spacial score (nSPS) is 14.7. The second kappa shape index (κ2) is 16.2. The van der Waals surface area contributed by atoms with Crippen molar-refractivity contribution in [3.8, 4) is 0 Å². The quantitative estimate of drug-likeness (QED) is 0.216. The van der Waals surface area contributed by atoms with Crippen LogP contribution in [0.15, 0.2) is 23.3 Å². The third-order valence-electron chi connectivity index (χ3n) is 3.76. The van der Waals surface area contributed by atoms with Crippen LogP contribution < -0.4 is 0 Å². The van der Waals surface area contributed by atoms with Gasteiger partial charge in [-0.15, -0.1) is 0 Å². The maximum Gasteiger partial charge on any atom is 0.330 e. The summed E-state index contributed by atoms with van der Waals surface area (Å²) in [7, 11) is 0. The van der Waals surface area contributed by atoms with E-state index >= 15 is 0 Å². The van der Waals surface area contributed by atoms with Crippen LogP contribution in [0.3, 0.4) is 0 Å². The van der Waals surface area contributed by atoms with Crippen molar-refractivity contribution in [2.75, 3.05) is 26.4 Å². The predicted molar refractivity (Wildman–Crippen MR) is 104 cm³/mol. The summed E-state index contributed by atoms with van der Waals surface area (Å²) in [6, 6.07) is 0. The first-order chi connectivity index (χ1) is 13.2. The summed E-state index contributed by atoms with van der Waals surface area (Å²) in [5.74, 6) is -1.84. The van der Waals surface area contributed by atoms with E-state index in [2.05, 4.69) is 0 Å². The molecule has 0 amide bonds. The van der Waals surface area contributed by atoms with Crippen molar-refractivity contribution in [1.82, 2.24) is 0 Å². The van der Waals surface area contributed by atoms with Gasteiger partial charge in [-0.25, -0.2) is 9.59 Å². The Labute approximate surface area is 167 Å². The molecule has 0 spiro atoms. The van der Waals surface area contributed by atoms with Crippen LogP contribution in [0.1, 0.15) is 53.4 Å². The van der Waals surface area contributed by atoms with Gasteiger partial charge in [0.2, 0.25) is 0 Å². The van der Waals surface area contributed by atoms with Gasteiger partial charge in [0, 0.05) is 24.4 Å². The topological polar surface area (TPSA) is 112 Å². The third-order valence-corrected chi connectivity index (χ3v) is 3.76. The lowest BCUT2D eigenvalue weighted by atomic mass is 10.2. The number of carboxylic acids is 2. The van der Waals surface area contributed by atoms with Crippen molar-refractivity contribution < 1.29 is 38.7 Å². The number of unbranched alkanes of at least 4 members (excludes halogenated alkanes) is 1. The highest BCUT2D eigenvalue weighted by molar-refractivity contribution is 5.86. The van der Waals surface area contributed by atoms with E-state index in [1.54, 1.807) is 39.8 Å². The average molecular weight is 402 g/mol. The molecule has 0 radical (unpaired) electrons. The molecule has 0 aromatic carbocycles. The van der Waals surface area contributed by atoms with Crippen molar-refractivity contribution in [2.45, 2.75) is 66.0 Å². The van der Waals surface area contributed by atoms with Crippen molar-refractivity contribution in [2.24, 2.45) is 0 Å². The Bertz CT molecular complexity index is 466. The second-order valence-corrected chi connectivity index (χ2v) is 6.29. The van der Waals surface area contributed by atoms with E-state index in [1.807, 2.05) is 0 Å². The second-order valence-electron chi connectivity index (χ2n) is 6.29. The number of ether oxygens (including phenoxy) is 4. The van der Waals surface area contributed by atoms with E-state index in [-0.39, 0.29) is 12.6 Å². The number of aliphatic carboxylic acids is 2. The zero-order chi connectivity index (χ0) is 21.4. The number of hydrogen-bond donors (Lipinski definition) is 2. The molecule has 0 bridgehead atoms. The third kappa shape index (κ3) is 15.3. The summed E-state index contributed by atoms with van der Waals surface area (Å²) in [4.78, 5) is 21.3. The van der Waals surface area contributed by atoms with Gasteiger partial charge in [-0.2, -0.15) is 0 Å². The monoisotopic (exact) mass is 402 g/mol. The molecule has 28 heavy (non-hydrogen) atoms. The first-order valence-electron chi connectivity index (χ1n) is 9.50. The average Bonchev–Trinajstić information content (AvgIpc) is 2.64. The standard InChI is InChI=1S/C20H34O8/c1-15(19(21)22)9-7-13-27-17(3)25-11-5-6-12-26-18(4)28-14-8-10-16(2)20(23)24/h9-10,17-18H,5-8,11-14H2,1-4H3,(H,21,22)(H,23,24). The fourth-order valence-electron chi connectivity index (χ4n) is 1.99. The maximum absolute atomic E-state index is 10.6. The van der Waals surface area contributed by atoms with Crippen molar-refractivity contribution in [3.63, 3.8) is 0 Å². The van der Waals surface area contributed by atoms with Gasteiger partial charge in [0.25, 0.3) is 0 Å². The highest BCUT2D eigenvalue weighted by Gasteiger charge is 2.04. The van der Waals surface area contributed by atoms with E-state index in [9.17, 15) is 9.59 Å². The Morgan fingerprint density at radius 1 is 0.714 bits per heavy atom. The molecule has 8 nitrogen and oxygen atoms in total. The smallest absolute Gasteiger partial charge is 0.330 e. The molecule has 0 aromatic heterocycles. The number of carboxylic acid groups (broad SMARTS) is 2. The summed E-state index contributed by atoms with van der Waals surface area (Å²) in [6.07, 6.45) is 5.26. The molecule has 0 heterocycles. The van der Waals surface area contributed by atoms with Crippen LogP contribution >= 0.6 is 0 Å². The van der Waals surface area contributed by atoms with Gasteiger partial charge in [-0.1, -0.05) is 12.2 Å². The fraction of sp³-hybridized carbons (Fsp3) is 0.700. The molecule has 0 aliphatic rings. The molecule has 0 aliphatic heterocycles. The number of rotatable bonds is 17. The molecule has 162 valence electrons. The predicted octanol–water partition coefficient (Wildman–Crippen LogP) is 3.37. The Balaban J connectivity index is 3.57. The first-order valence-corrected chi connectivity index (χ1v) is 9.50. The minimum absolute atomic E-state index is 0.308. The summed E-state index contributed by atoms with van der Waals surface area (Å²) < 4.78 is 22.0. The first kappa shape index (κ1) is 26.3. The van der Waals surface area contributed by atoms with E-state index in [1.165, 1.54) is 0 Å². The van der Waals surface area contributed by atoms with Crippen molar-refractivity contribution >= 4 is 11.9 Å².